The van der Waals surface area contributed by atoms with Gasteiger partial charge in [0.1, 0.15) is 0 Å². The minimum absolute atomic E-state index is 0.341. The molecule has 0 saturated heterocycles. The standard InChI is InChI=1S/C19H12N4O3S/c20-19(24)10-5-9-6-11(23-27(25)26)8-13-16(9)12(7-10)17-18(13)22-15-4-2-1-3-14(15)21-17/h1-8,23H,(H2,20,24)(H,25,26). The summed E-state index contributed by atoms with van der Waals surface area (Å²) >= 11 is -2.22. The third-order valence-corrected chi connectivity index (χ3v) is 5.03. The second kappa shape index (κ2) is 5.57. The van der Waals surface area contributed by atoms with E-state index in [2.05, 4.69) is 4.72 Å². The van der Waals surface area contributed by atoms with Gasteiger partial charge in [-0.25, -0.2) is 14.2 Å². The number of carbonyl (C=O) groups excluding carboxylic acids is 1. The molecule has 4 aromatic rings. The molecule has 0 bridgehead atoms. The van der Waals surface area contributed by atoms with E-state index in [1.54, 1.807) is 24.3 Å². The summed E-state index contributed by atoms with van der Waals surface area (Å²) in [7, 11) is 0. The minimum atomic E-state index is -2.22. The first-order valence-electron chi connectivity index (χ1n) is 8.08. The maximum Gasteiger partial charge on any atom is 0.259 e. The molecule has 4 N–H and O–H groups in total. The number of benzene rings is 3. The van der Waals surface area contributed by atoms with E-state index in [0.29, 0.717) is 22.6 Å². The number of primary amides is 1. The Balaban J connectivity index is 1.91. The Labute approximate surface area is 155 Å². The van der Waals surface area contributed by atoms with Crippen molar-refractivity contribution < 1.29 is 13.6 Å². The van der Waals surface area contributed by atoms with Crippen molar-refractivity contribution in [2.75, 3.05) is 4.72 Å². The Bertz CT molecular complexity index is 1320. The average molecular weight is 376 g/mol. The Kier molecular flexibility index (Phi) is 3.27. The molecular weight excluding hydrogens is 364 g/mol. The molecule has 5 rings (SSSR count). The van der Waals surface area contributed by atoms with Crippen LogP contribution in [0.2, 0.25) is 0 Å². The first-order valence-corrected chi connectivity index (χ1v) is 9.18. The maximum absolute atomic E-state index is 11.8. The zero-order chi connectivity index (χ0) is 18.7. The van der Waals surface area contributed by atoms with E-state index in [-0.39, 0.29) is 0 Å². The van der Waals surface area contributed by atoms with Gasteiger partial charge in [0.2, 0.25) is 5.91 Å². The van der Waals surface area contributed by atoms with Crippen LogP contribution in [0.25, 0.3) is 44.3 Å². The zero-order valence-corrected chi connectivity index (χ0v) is 14.6. The largest absolute Gasteiger partial charge is 0.366 e. The summed E-state index contributed by atoms with van der Waals surface area (Å²) in [5, 5.41) is 1.61. The first kappa shape index (κ1) is 15.9. The molecule has 0 spiro atoms. The fourth-order valence-corrected chi connectivity index (χ4v) is 3.89. The Morgan fingerprint density at radius 1 is 1.00 bits per heavy atom. The van der Waals surface area contributed by atoms with E-state index in [0.717, 1.165) is 32.9 Å². The second-order valence-electron chi connectivity index (χ2n) is 6.27. The second-order valence-corrected chi connectivity index (χ2v) is 6.97. The minimum Gasteiger partial charge on any atom is -0.366 e. The number of rotatable bonds is 3. The zero-order valence-electron chi connectivity index (χ0n) is 13.8. The van der Waals surface area contributed by atoms with E-state index in [4.69, 9.17) is 15.7 Å². The summed E-state index contributed by atoms with van der Waals surface area (Å²) in [4.78, 5) is 21.3. The van der Waals surface area contributed by atoms with Crippen LogP contribution in [0.15, 0.2) is 48.5 Å². The normalized spacial score (nSPS) is 12.9. The topological polar surface area (TPSA) is 118 Å². The lowest BCUT2D eigenvalue weighted by molar-refractivity contribution is 0.100. The molecule has 0 radical (unpaired) electrons. The third kappa shape index (κ3) is 2.38. The van der Waals surface area contributed by atoms with Gasteiger partial charge in [0.15, 0.2) is 0 Å². The number of aromatic nitrogens is 2. The van der Waals surface area contributed by atoms with E-state index < -0.39 is 17.2 Å². The third-order valence-electron chi connectivity index (χ3n) is 4.62. The quantitative estimate of drug-likeness (QED) is 0.418. The Morgan fingerprint density at radius 2 is 1.63 bits per heavy atom. The summed E-state index contributed by atoms with van der Waals surface area (Å²) in [6.45, 7) is 0. The van der Waals surface area contributed by atoms with Crippen LogP contribution in [0.3, 0.4) is 0 Å². The Hall–Kier alpha value is -3.36. The van der Waals surface area contributed by atoms with Crippen molar-refractivity contribution in [1.82, 2.24) is 9.97 Å². The average Bonchev–Trinajstić information content (AvgIpc) is 2.93. The molecule has 1 aliphatic rings. The molecule has 1 unspecified atom stereocenters. The van der Waals surface area contributed by atoms with Crippen LogP contribution in [-0.4, -0.2) is 24.6 Å². The predicted octanol–water partition coefficient (Wildman–Crippen LogP) is 3.08. The van der Waals surface area contributed by atoms with Crippen LogP contribution in [0.4, 0.5) is 5.69 Å². The Morgan fingerprint density at radius 3 is 2.22 bits per heavy atom. The SMILES string of the molecule is NC(=O)c1cc2c3c(cc(NS(=O)O)cc3c1)-c1nc3ccccc3nc1-2. The molecule has 1 atom stereocenters. The van der Waals surface area contributed by atoms with Crippen LogP contribution in [0.5, 0.6) is 0 Å². The monoisotopic (exact) mass is 376 g/mol. The lowest BCUT2D eigenvalue weighted by Crippen LogP contribution is -2.10. The molecular formula is C19H12N4O3S. The fourth-order valence-electron chi connectivity index (χ4n) is 3.57. The summed E-state index contributed by atoms with van der Waals surface area (Å²) in [6.07, 6.45) is 0. The summed E-state index contributed by atoms with van der Waals surface area (Å²) in [5.74, 6) is -0.555. The van der Waals surface area contributed by atoms with E-state index in [1.807, 2.05) is 24.3 Å². The van der Waals surface area contributed by atoms with Gasteiger partial charge in [-0.15, -0.1) is 0 Å². The van der Waals surface area contributed by atoms with Crippen molar-refractivity contribution in [1.29, 1.82) is 0 Å². The van der Waals surface area contributed by atoms with Gasteiger partial charge in [-0.1, -0.05) is 12.1 Å². The van der Waals surface area contributed by atoms with Crippen LogP contribution in [0.1, 0.15) is 10.4 Å². The highest BCUT2D eigenvalue weighted by atomic mass is 32.2. The van der Waals surface area contributed by atoms with Gasteiger partial charge in [-0.2, -0.15) is 0 Å². The predicted molar refractivity (Wildman–Crippen MR) is 104 cm³/mol. The van der Waals surface area contributed by atoms with Crippen molar-refractivity contribution in [2.45, 2.75) is 0 Å². The van der Waals surface area contributed by atoms with Crippen molar-refractivity contribution in [2.24, 2.45) is 5.73 Å². The molecule has 27 heavy (non-hydrogen) atoms. The number of nitrogens with two attached hydrogens (primary N) is 1. The highest BCUT2D eigenvalue weighted by molar-refractivity contribution is 7.80. The molecule has 0 fully saturated rings. The number of anilines is 1. The van der Waals surface area contributed by atoms with Crippen molar-refractivity contribution in [3.63, 3.8) is 0 Å². The van der Waals surface area contributed by atoms with Crippen LogP contribution in [0, 0.1) is 0 Å². The van der Waals surface area contributed by atoms with Gasteiger partial charge in [-0.3, -0.25) is 14.1 Å². The van der Waals surface area contributed by atoms with Crippen molar-refractivity contribution >= 4 is 44.7 Å². The summed E-state index contributed by atoms with van der Waals surface area (Å²) < 4.78 is 22.9. The number of nitrogens with one attached hydrogen (secondary N) is 1. The van der Waals surface area contributed by atoms with Crippen LogP contribution < -0.4 is 10.5 Å². The number of fused-ring (bicyclic) bond motifs is 4. The van der Waals surface area contributed by atoms with Crippen LogP contribution >= 0.6 is 0 Å². The number of hydrogen-bond acceptors (Lipinski definition) is 4. The van der Waals surface area contributed by atoms with Crippen molar-refractivity contribution in [3.8, 4) is 22.5 Å². The lowest BCUT2D eigenvalue weighted by atomic mass is 10.00. The van der Waals surface area contributed by atoms with Gasteiger partial charge in [0, 0.05) is 27.8 Å². The van der Waals surface area contributed by atoms with E-state index in [9.17, 15) is 13.6 Å². The molecule has 1 aromatic heterocycles. The smallest absolute Gasteiger partial charge is 0.259 e. The van der Waals surface area contributed by atoms with Gasteiger partial charge < -0.3 is 5.73 Å². The highest BCUT2D eigenvalue weighted by Crippen LogP contribution is 2.47. The van der Waals surface area contributed by atoms with E-state index >= 15 is 0 Å². The summed E-state index contributed by atoms with van der Waals surface area (Å²) in [6, 6.07) is 14.4. The van der Waals surface area contributed by atoms with E-state index in [1.165, 1.54) is 0 Å². The van der Waals surface area contributed by atoms with Crippen molar-refractivity contribution in [3.05, 3.63) is 54.1 Å². The molecule has 1 aliphatic carbocycles. The number of hydrogen-bond donors (Lipinski definition) is 3. The molecule has 0 saturated carbocycles. The molecule has 8 heteroatoms. The van der Waals surface area contributed by atoms with Gasteiger partial charge in [0.05, 0.1) is 22.4 Å². The summed E-state index contributed by atoms with van der Waals surface area (Å²) in [5.41, 5.74) is 10.7. The van der Waals surface area contributed by atoms with Gasteiger partial charge >= 0.3 is 0 Å². The molecule has 3 aromatic carbocycles. The fraction of sp³-hybridized carbons (Fsp3) is 0. The lowest BCUT2D eigenvalue weighted by Gasteiger charge is -2.08. The molecule has 0 aliphatic heterocycles. The van der Waals surface area contributed by atoms with Gasteiger partial charge in [0.25, 0.3) is 11.3 Å². The number of amides is 1. The number of para-hydroxylation sites is 2. The number of nitrogens with zero attached hydrogens (tertiary/aromatic N) is 2. The molecule has 1 heterocycles. The number of carbonyl (C=O) groups is 1. The highest BCUT2D eigenvalue weighted by Gasteiger charge is 2.27. The van der Waals surface area contributed by atoms with Crippen LogP contribution in [-0.2, 0) is 11.3 Å². The maximum atomic E-state index is 11.8. The molecule has 1 amide bonds. The molecule has 7 nitrogen and oxygen atoms in total. The van der Waals surface area contributed by atoms with Gasteiger partial charge in [-0.05, 0) is 41.8 Å². The first-order chi connectivity index (χ1) is 13.0. The molecule has 132 valence electrons.